The normalized spacial score (nSPS) is 20.4. The van der Waals surface area contributed by atoms with E-state index in [4.69, 9.17) is 9.15 Å². The Morgan fingerprint density at radius 1 is 1.23 bits per heavy atom. The fourth-order valence-electron chi connectivity index (χ4n) is 4.39. The summed E-state index contributed by atoms with van der Waals surface area (Å²) in [7, 11) is 0. The summed E-state index contributed by atoms with van der Waals surface area (Å²) in [5.41, 5.74) is 3.05. The zero-order valence-electron chi connectivity index (χ0n) is 18.7. The smallest absolute Gasteiger partial charge is 0.306 e. The van der Waals surface area contributed by atoms with E-state index in [9.17, 15) is 9.90 Å². The van der Waals surface area contributed by atoms with E-state index in [0.29, 0.717) is 18.4 Å². The maximum Gasteiger partial charge on any atom is 0.306 e. The second-order valence-electron chi connectivity index (χ2n) is 9.12. The highest BCUT2D eigenvalue weighted by atomic mass is 16.5. The van der Waals surface area contributed by atoms with Crippen LogP contribution in [0.5, 0.6) is 0 Å². The van der Waals surface area contributed by atoms with Crippen molar-refractivity contribution in [3.05, 3.63) is 41.3 Å². The van der Waals surface area contributed by atoms with Gasteiger partial charge in [-0.25, -0.2) is 4.98 Å². The number of hydrogen-bond donors (Lipinski definition) is 1. The van der Waals surface area contributed by atoms with Gasteiger partial charge in [-0.3, -0.25) is 4.79 Å². The van der Waals surface area contributed by atoms with Crippen molar-refractivity contribution in [1.29, 1.82) is 0 Å². The number of oxazole rings is 1. The van der Waals surface area contributed by atoms with Gasteiger partial charge in [0.25, 0.3) is 0 Å². The minimum atomic E-state index is -0.667. The molecule has 0 spiro atoms. The minimum Gasteiger partial charge on any atom is -0.481 e. The molecular formula is C25H35NO4. The number of aliphatic carboxylic acids is 1. The summed E-state index contributed by atoms with van der Waals surface area (Å²) in [6, 6.07) is 8.17. The summed E-state index contributed by atoms with van der Waals surface area (Å²) in [5, 5.41) is 9.42. The van der Waals surface area contributed by atoms with E-state index in [2.05, 4.69) is 24.0 Å². The van der Waals surface area contributed by atoms with Crippen LogP contribution in [0.4, 0.5) is 0 Å². The van der Waals surface area contributed by atoms with Gasteiger partial charge in [-0.2, -0.15) is 0 Å². The van der Waals surface area contributed by atoms with E-state index >= 15 is 0 Å². The summed E-state index contributed by atoms with van der Waals surface area (Å²) >= 11 is 0. The van der Waals surface area contributed by atoms with Gasteiger partial charge in [0.15, 0.2) is 0 Å². The third kappa shape index (κ3) is 5.94. The van der Waals surface area contributed by atoms with Gasteiger partial charge >= 0.3 is 5.97 Å². The number of nitrogens with zero attached hydrogens (tertiary/aromatic N) is 1. The van der Waals surface area contributed by atoms with E-state index in [1.807, 2.05) is 32.9 Å². The van der Waals surface area contributed by atoms with Gasteiger partial charge in [-0.1, -0.05) is 44.4 Å². The van der Waals surface area contributed by atoms with Crippen LogP contribution in [-0.4, -0.2) is 22.2 Å². The molecule has 1 heterocycles. The molecule has 1 saturated carbocycles. The van der Waals surface area contributed by atoms with Crippen molar-refractivity contribution in [2.75, 3.05) is 0 Å². The topological polar surface area (TPSA) is 72.6 Å². The summed E-state index contributed by atoms with van der Waals surface area (Å²) in [4.78, 5) is 16.1. The molecule has 1 aliphatic rings. The number of carboxylic acids is 1. The lowest BCUT2D eigenvalue weighted by molar-refractivity contribution is -0.143. The molecule has 2 aromatic rings. The van der Waals surface area contributed by atoms with Gasteiger partial charge in [0.05, 0.1) is 18.6 Å². The molecule has 5 nitrogen and oxygen atoms in total. The molecular weight excluding hydrogens is 378 g/mol. The quantitative estimate of drug-likeness (QED) is 0.532. The Kier molecular flexibility index (Phi) is 7.70. The van der Waals surface area contributed by atoms with Crippen molar-refractivity contribution < 1.29 is 19.1 Å². The van der Waals surface area contributed by atoms with Gasteiger partial charge in [0, 0.05) is 5.56 Å². The maximum absolute atomic E-state index is 11.4. The first kappa shape index (κ1) is 22.5. The Balaban J connectivity index is 1.52. The van der Waals surface area contributed by atoms with Crippen LogP contribution in [0, 0.1) is 31.6 Å². The monoisotopic (exact) mass is 413 g/mol. The first-order valence-corrected chi connectivity index (χ1v) is 11.2. The van der Waals surface area contributed by atoms with Crippen molar-refractivity contribution in [1.82, 2.24) is 4.98 Å². The molecule has 1 aromatic heterocycles. The lowest BCUT2D eigenvalue weighted by atomic mass is 9.81. The van der Waals surface area contributed by atoms with E-state index in [-0.39, 0.29) is 17.9 Å². The van der Waals surface area contributed by atoms with Crippen LogP contribution in [0.2, 0.25) is 0 Å². The van der Waals surface area contributed by atoms with Gasteiger partial charge in [-0.05, 0) is 63.5 Å². The lowest BCUT2D eigenvalue weighted by Gasteiger charge is -2.30. The Morgan fingerprint density at radius 3 is 2.63 bits per heavy atom. The van der Waals surface area contributed by atoms with E-state index < -0.39 is 5.97 Å². The van der Waals surface area contributed by atoms with Gasteiger partial charge in [0.1, 0.15) is 11.5 Å². The van der Waals surface area contributed by atoms with Crippen LogP contribution < -0.4 is 0 Å². The molecule has 30 heavy (non-hydrogen) atoms. The highest BCUT2D eigenvalue weighted by molar-refractivity contribution is 5.70. The molecule has 5 heteroatoms. The molecule has 3 rings (SSSR count). The maximum atomic E-state index is 11.4. The Morgan fingerprint density at radius 2 is 1.97 bits per heavy atom. The van der Waals surface area contributed by atoms with E-state index in [1.165, 1.54) is 12.0 Å². The predicted octanol–water partition coefficient (Wildman–Crippen LogP) is 6.17. The van der Waals surface area contributed by atoms with E-state index in [1.54, 1.807) is 0 Å². The Bertz CT molecular complexity index is 824. The van der Waals surface area contributed by atoms with Crippen molar-refractivity contribution in [2.45, 2.75) is 78.9 Å². The van der Waals surface area contributed by atoms with Gasteiger partial charge in [-0.15, -0.1) is 0 Å². The van der Waals surface area contributed by atoms with Crippen LogP contribution in [0.15, 0.2) is 28.7 Å². The average molecular weight is 414 g/mol. The molecule has 0 amide bonds. The fraction of sp³-hybridized carbons (Fsp3) is 0.600. The standard InChI is InChI=1S/C25H35NO4/c1-16(2)22(25(27)28)13-10-19-6-5-7-21(14-19)29-15-23-18(4)30-24(26-23)20-11-8-17(3)9-12-20/h8-9,11-12,16,19,21-22H,5-7,10,13-15H2,1-4H3,(H,27,28). The molecule has 1 aromatic carbocycles. The molecule has 0 bridgehead atoms. The number of carbonyl (C=O) groups is 1. The summed E-state index contributed by atoms with van der Waals surface area (Å²) < 4.78 is 12.1. The number of rotatable bonds is 9. The zero-order valence-corrected chi connectivity index (χ0v) is 18.7. The molecule has 3 atom stereocenters. The third-order valence-electron chi connectivity index (χ3n) is 6.39. The number of aromatic nitrogens is 1. The minimum absolute atomic E-state index is 0.177. The highest BCUT2D eigenvalue weighted by Crippen LogP contribution is 2.33. The summed E-state index contributed by atoms with van der Waals surface area (Å²) in [6.45, 7) is 8.45. The Labute approximate surface area is 179 Å². The van der Waals surface area contributed by atoms with Crippen molar-refractivity contribution in [2.24, 2.45) is 17.8 Å². The van der Waals surface area contributed by atoms with Crippen molar-refractivity contribution in [3.63, 3.8) is 0 Å². The van der Waals surface area contributed by atoms with Crippen LogP contribution in [0.3, 0.4) is 0 Å². The molecule has 0 radical (unpaired) electrons. The second kappa shape index (κ2) is 10.3. The van der Waals surface area contributed by atoms with Crippen LogP contribution in [0.1, 0.15) is 69.4 Å². The molecule has 1 N–H and O–H groups in total. The number of carboxylic acid groups (broad SMARTS) is 1. The zero-order chi connectivity index (χ0) is 21.7. The average Bonchev–Trinajstić information content (AvgIpc) is 3.07. The molecule has 3 unspecified atom stereocenters. The summed E-state index contributed by atoms with van der Waals surface area (Å²) in [6.07, 6.45) is 6.32. The lowest BCUT2D eigenvalue weighted by Crippen LogP contribution is -2.25. The van der Waals surface area contributed by atoms with Crippen LogP contribution in [-0.2, 0) is 16.1 Å². The molecule has 164 valence electrons. The third-order valence-corrected chi connectivity index (χ3v) is 6.39. The number of hydrogen-bond acceptors (Lipinski definition) is 4. The Hall–Kier alpha value is -2.14. The molecule has 0 saturated heterocycles. The first-order chi connectivity index (χ1) is 14.3. The predicted molar refractivity (Wildman–Crippen MR) is 117 cm³/mol. The van der Waals surface area contributed by atoms with Gasteiger partial charge < -0.3 is 14.3 Å². The number of aryl methyl sites for hydroxylation is 2. The molecule has 0 aliphatic heterocycles. The SMILES string of the molecule is Cc1ccc(-c2nc(COC3CCCC(CCC(C(=O)O)C(C)C)C3)c(C)o2)cc1. The van der Waals surface area contributed by atoms with Crippen molar-refractivity contribution >= 4 is 5.97 Å². The molecule has 1 fully saturated rings. The van der Waals surface area contributed by atoms with Crippen molar-refractivity contribution in [3.8, 4) is 11.5 Å². The first-order valence-electron chi connectivity index (χ1n) is 11.2. The largest absolute Gasteiger partial charge is 0.481 e. The fourth-order valence-corrected chi connectivity index (χ4v) is 4.39. The molecule has 1 aliphatic carbocycles. The van der Waals surface area contributed by atoms with Crippen LogP contribution >= 0.6 is 0 Å². The van der Waals surface area contributed by atoms with Crippen LogP contribution in [0.25, 0.3) is 11.5 Å². The van der Waals surface area contributed by atoms with E-state index in [0.717, 1.165) is 49.1 Å². The van der Waals surface area contributed by atoms with Gasteiger partial charge in [0.2, 0.25) is 5.89 Å². The number of ether oxygens (including phenoxy) is 1. The summed E-state index contributed by atoms with van der Waals surface area (Å²) in [5.74, 6) is 1.26. The second-order valence-corrected chi connectivity index (χ2v) is 9.12. The number of benzene rings is 1. The highest BCUT2D eigenvalue weighted by Gasteiger charge is 2.27.